The Labute approximate surface area is 131 Å². The Balaban J connectivity index is 1.63. The van der Waals surface area contributed by atoms with E-state index in [0.29, 0.717) is 23.6 Å². The van der Waals surface area contributed by atoms with Gasteiger partial charge in [-0.25, -0.2) is 0 Å². The average Bonchev–Trinajstić information content (AvgIpc) is 3.17. The summed E-state index contributed by atoms with van der Waals surface area (Å²) in [7, 11) is 0. The molecule has 2 heterocycles. The minimum atomic E-state index is -2.80. The molecule has 1 unspecified atom stereocenters. The summed E-state index contributed by atoms with van der Waals surface area (Å²) < 4.78 is 30.0. The van der Waals surface area contributed by atoms with Gasteiger partial charge in [-0.1, -0.05) is 6.07 Å². The molecule has 1 fully saturated rings. The average molecular weight is 319 g/mol. The molecule has 1 amide bonds. The van der Waals surface area contributed by atoms with Crippen LogP contribution in [-0.2, 0) is 6.54 Å². The number of hydrogen-bond donors (Lipinski definition) is 0. The third kappa shape index (κ3) is 2.40. The zero-order valence-electron chi connectivity index (χ0n) is 12.5. The fourth-order valence-corrected chi connectivity index (χ4v) is 3.06. The molecule has 1 aromatic carbocycles. The van der Waals surface area contributed by atoms with Gasteiger partial charge in [0.1, 0.15) is 0 Å². The molecule has 7 heteroatoms. The van der Waals surface area contributed by atoms with E-state index in [1.165, 1.54) is 12.8 Å². The van der Waals surface area contributed by atoms with Gasteiger partial charge in [-0.3, -0.25) is 4.79 Å². The lowest BCUT2D eigenvalue weighted by Crippen LogP contribution is -2.34. The molecule has 23 heavy (non-hydrogen) atoms. The smallest absolute Gasteiger partial charge is 0.314 e. The van der Waals surface area contributed by atoms with Gasteiger partial charge in [0.2, 0.25) is 5.89 Å². The summed E-state index contributed by atoms with van der Waals surface area (Å²) in [5.41, 5.74) is 2.02. The van der Waals surface area contributed by atoms with Crippen molar-refractivity contribution in [1.82, 2.24) is 15.1 Å². The molecule has 0 saturated heterocycles. The molecule has 2 aliphatic rings. The Morgan fingerprint density at radius 2 is 2.09 bits per heavy atom. The second-order valence-electron chi connectivity index (χ2n) is 6.13. The molecule has 0 bridgehead atoms. The van der Waals surface area contributed by atoms with Crippen LogP contribution in [0.1, 0.15) is 48.0 Å². The Bertz CT molecular complexity index is 770. The maximum atomic E-state index is 12.6. The molecule has 0 radical (unpaired) electrons. The summed E-state index contributed by atoms with van der Waals surface area (Å²) in [5, 5.41) is 6.95. The van der Waals surface area contributed by atoms with E-state index in [1.54, 1.807) is 12.1 Å². The van der Waals surface area contributed by atoms with E-state index in [-0.39, 0.29) is 17.8 Å². The summed E-state index contributed by atoms with van der Waals surface area (Å²) in [6.07, 6.45) is -0.460. The second kappa shape index (κ2) is 5.11. The Hall–Kier alpha value is -2.31. The Morgan fingerprint density at radius 1 is 1.30 bits per heavy atom. The Kier molecular flexibility index (Phi) is 3.18. The maximum absolute atomic E-state index is 12.6. The standard InChI is InChI=1S/C16H15F2N3O2/c1-8(9-2-3-9)21-7-11-5-4-10(6-12(11)16(21)22)14-19-20-15(23-14)13(17)18/h4-6,8-9,13H,2-3,7H2,1H3. The SMILES string of the molecule is CC(C1CC1)N1Cc2ccc(-c3nnc(C(F)F)o3)cc2C1=O. The van der Waals surface area contributed by atoms with Crippen LogP contribution in [0.25, 0.3) is 11.5 Å². The van der Waals surface area contributed by atoms with Gasteiger partial charge in [-0.2, -0.15) is 8.78 Å². The minimum Gasteiger partial charge on any atom is -0.415 e. The van der Waals surface area contributed by atoms with Crippen molar-refractivity contribution in [3.63, 3.8) is 0 Å². The third-order valence-corrected chi connectivity index (χ3v) is 4.61. The predicted octanol–water partition coefficient (Wildman–Crippen LogP) is 3.43. The van der Waals surface area contributed by atoms with Gasteiger partial charge in [0.25, 0.3) is 11.8 Å². The molecular weight excluding hydrogens is 304 g/mol. The largest absolute Gasteiger partial charge is 0.415 e. The highest BCUT2D eigenvalue weighted by Gasteiger charge is 2.38. The minimum absolute atomic E-state index is 0.00425. The predicted molar refractivity (Wildman–Crippen MR) is 76.8 cm³/mol. The number of benzene rings is 1. The highest BCUT2D eigenvalue weighted by molar-refractivity contribution is 5.99. The zero-order chi connectivity index (χ0) is 16.1. The molecule has 2 aromatic rings. The summed E-state index contributed by atoms with van der Waals surface area (Å²) in [6.45, 7) is 2.67. The number of amides is 1. The van der Waals surface area contributed by atoms with Crippen molar-refractivity contribution in [1.29, 1.82) is 0 Å². The summed E-state index contributed by atoms with van der Waals surface area (Å²) >= 11 is 0. The van der Waals surface area contributed by atoms with Crippen molar-refractivity contribution < 1.29 is 18.0 Å². The van der Waals surface area contributed by atoms with E-state index in [1.807, 2.05) is 11.0 Å². The number of fused-ring (bicyclic) bond motifs is 1. The number of rotatable bonds is 4. The normalized spacial score (nSPS) is 18.6. The first-order valence-electron chi connectivity index (χ1n) is 7.60. The molecule has 1 aliphatic heterocycles. The molecule has 1 saturated carbocycles. The number of alkyl halides is 2. The number of nitrogens with zero attached hydrogens (tertiary/aromatic N) is 3. The highest BCUT2D eigenvalue weighted by Crippen LogP contribution is 2.38. The topological polar surface area (TPSA) is 59.2 Å². The van der Waals surface area contributed by atoms with Gasteiger partial charge in [0.15, 0.2) is 0 Å². The van der Waals surface area contributed by atoms with Gasteiger partial charge < -0.3 is 9.32 Å². The molecular formula is C16H15F2N3O2. The highest BCUT2D eigenvalue weighted by atomic mass is 19.3. The molecule has 1 atom stereocenters. The molecule has 5 nitrogen and oxygen atoms in total. The van der Waals surface area contributed by atoms with Crippen LogP contribution < -0.4 is 0 Å². The molecule has 1 aliphatic carbocycles. The number of halogens is 2. The van der Waals surface area contributed by atoms with Crippen LogP contribution >= 0.6 is 0 Å². The van der Waals surface area contributed by atoms with E-state index < -0.39 is 12.3 Å². The van der Waals surface area contributed by atoms with Gasteiger partial charge in [-0.15, -0.1) is 10.2 Å². The van der Waals surface area contributed by atoms with E-state index in [0.717, 1.165) is 5.56 Å². The zero-order valence-corrected chi connectivity index (χ0v) is 12.5. The first kappa shape index (κ1) is 14.3. The number of carbonyl (C=O) groups is 1. The monoisotopic (exact) mass is 319 g/mol. The lowest BCUT2D eigenvalue weighted by molar-refractivity contribution is 0.0697. The number of carbonyl (C=O) groups excluding carboxylic acids is 1. The summed E-state index contributed by atoms with van der Waals surface area (Å²) in [6, 6.07) is 5.43. The number of aromatic nitrogens is 2. The van der Waals surface area contributed by atoms with E-state index >= 15 is 0 Å². The first-order chi connectivity index (χ1) is 11.0. The van der Waals surface area contributed by atoms with Crippen LogP contribution in [0.2, 0.25) is 0 Å². The summed E-state index contributed by atoms with van der Waals surface area (Å²) in [4.78, 5) is 14.5. The fourth-order valence-electron chi connectivity index (χ4n) is 3.06. The Morgan fingerprint density at radius 3 is 2.74 bits per heavy atom. The molecule has 1 aromatic heterocycles. The van der Waals surface area contributed by atoms with Crippen LogP contribution in [0.5, 0.6) is 0 Å². The van der Waals surface area contributed by atoms with Gasteiger partial charge in [0.05, 0.1) is 0 Å². The fraction of sp³-hybridized carbons (Fsp3) is 0.438. The molecule has 0 spiro atoms. The van der Waals surface area contributed by atoms with E-state index in [4.69, 9.17) is 4.42 Å². The quantitative estimate of drug-likeness (QED) is 0.866. The van der Waals surface area contributed by atoms with Crippen molar-refractivity contribution >= 4 is 5.91 Å². The van der Waals surface area contributed by atoms with Crippen LogP contribution in [-0.4, -0.2) is 27.0 Å². The molecule has 4 rings (SSSR count). The number of hydrogen-bond acceptors (Lipinski definition) is 4. The lowest BCUT2D eigenvalue weighted by Gasteiger charge is -2.23. The van der Waals surface area contributed by atoms with Crippen molar-refractivity contribution in [3.05, 3.63) is 35.2 Å². The van der Waals surface area contributed by atoms with E-state index in [9.17, 15) is 13.6 Å². The third-order valence-electron chi connectivity index (χ3n) is 4.61. The lowest BCUT2D eigenvalue weighted by atomic mass is 10.1. The van der Waals surface area contributed by atoms with Crippen LogP contribution in [0, 0.1) is 5.92 Å². The van der Waals surface area contributed by atoms with Crippen molar-refractivity contribution in [2.75, 3.05) is 0 Å². The van der Waals surface area contributed by atoms with Crippen molar-refractivity contribution in [3.8, 4) is 11.5 Å². The first-order valence-corrected chi connectivity index (χ1v) is 7.60. The van der Waals surface area contributed by atoms with Gasteiger partial charge in [-0.05, 0) is 43.4 Å². The van der Waals surface area contributed by atoms with Gasteiger partial charge in [0, 0.05) is 23.7 Å². The van der Waals surface area contributed by atoms with Crippen molar-refractivity contribution in [2.45, 2.75) is 38.8 Å². The van der Waals surface area contributed by atoms with Crippen LogP contribution in [0.15, 0.2) is 22.6 Å². The van der Waals surface area contributed by atoms with Crippen LogP contribution in [0.3, 0.4) is 0 Å². The molecule has 120 valence electrons. The second-order valence-corrected chi connectivity index (χ2v) is 6.13. The summed E-state index contributed by atoms with van der Waals surface area (Å²) in [5.74, 6) is -0.132. The van der Waals surface area contributed by atoms with E-state index in [2.05, 4.69) is 17.1 Å². The maximum Gasteiger partial charge on any atom is 0.314 e. The van der Waals surface area contributed by atoms with Gasteiger partial charge >= 0.3 is 6.43 Å². The molecule has 0 N–H and O–H groups in total. The van der Waals surface area contributed by atoms with Crippen molar-refractivity contribution in [2.24, 2.45) is 5.92 Å². The van der Waals surface area contributed by atoms with Crippen LogP contribution in [0.4, 0.5) is 8.78 Å².